The van der Waals surface area contributed by atoms with Crippen molar-refractivity contribution in [1.82, 2.24) is 9.80 Å². The molecule has 2 heteroatoms. The van der Waals surface area contributed by atoms with Crippen LogP contribution in [0.1, 0.15) is 51.1 Å². The molecule has 1 atom stereocenters. The number of nitrogens with zero attached hydrogens (tertiary/aromatic N) is 2. The Balaban J connectivity index is 2.18. The van der Waals surface area contributed by atoms with E-state index in [2.05, 4.69) is 61.0 Å². The van der Waals surface area contributed by atoms with Gasteiger partial charge in [0.05, 0.1) is 0 Å². The second kappa shape index (κ2) is 7.80. The second-order valence-electron chi connectivity index (χ2n) is 6.16. The summed E-state index contributed by atoms with van der Waals surface area (Å²) in [6, 6.07) is 12.4. The first-order valence-electron chi connectivity index (χ1n) is 8.25. The zero-order valence-electron chi connectivity index (χ0n) is 13.4. The maximum atomic E-state index is 2.78. The van der Waals surface area contributed by atoms with Crippen molar-refractivity contribution in [2.24, 2.45) is 0 Å². The molecule has 1 aliphatic heterocycles. The van der Waals surface area contributed by atoms with E-state index >= 15 is 0 Å². The van der Waals surface area contributed by atoms with Crippen molar-refractivity contribution in [2.45, 2.75) is 51.6 Å². The maximum Gasteiger partial charge on any atom is 0.0478 e. The van der Waals surface area contributed by atoms with Gasteiger partial charge in [0.25, 0.3) is 0 Å². The third-order valence-corrected chi connectivity index (χ3v) is 4.52. The van der Waals surface area contributed by atoms with Crippen LogP contribution in [0.3, 0.4) is 0 Å². The summed E-state index contributed by atoms with van der Waals surface area (Å²) in [4.78, 5) is 5.26. The summed E-state index contributed by atoms with van der Waals surface area (Å²) in [7, 11) is 2.25. The Kier molecular flexibility index (Phi) is 6.06. The van der Waals surface area contributed by atoms with Gasteiger partial charge in [0.2, 0.25) is 0 Å². The Bertz CT molecular complexity index is 370. The van der Waals surface area contributed by atoms with Gasteiger partial charge < -0.3 is 4.90 Å². The average Bonchev–Trinajstić information content (AvgIpc) is 2.48. The highest BCUT2D eigenvalue weighted by molar-refractivity contribution is 5.20. The van der Waals surface area contributed by atoms with Gasteiger partial charge in [0.1, 0.15) is 0 Å². The largest absolute Gasteiger partial charge is 0.303 e. The van der Waals surface area contributed by atoms with Crippen LogP contribution < -0.4 is 0 Å². The van der Waals surface area contributed by atoms with Crippen molar-refractivity contribution >= 4 is 0 Å². The van der Waals surface area contributed by atoms with E-state index in [-0.39, 0.29) is 0 Å². The number of rotatable bonds is 6. The molecule has 1 unspecified atom stereocenters. The van der Waals surface area contributed by atoms with Gasteiger partial charge in [-0.05, 0) is 25.5 Å². The average molecular weight is 274 g/mol. The number of likely N-dealkylation sites (N-methyl/N-ethyl adjacent to an activating group) is 1. The Morgan fingerprint density at radius 1 is 1.05 bits per heavy atom. The highest BCUT2D eigenvalue weighted by Crippen LogP contribution is 2.29. The minimum Gasteiger partial charge on any atom is -0.303 e. The van der Waals surface area contributed by atoms with E-state index in [4.69, 9.17) is 0 Å². The van der Waals surface area contributed by atoms with Crippen LogP contribution in [0.5, 0.6) is 0 Å². The SMILES string of the molecule is CCCC(CCC)N1CCN(C)CC1c1ccccc1. The molecule has 2 nitrogen and oxygen atoms in total. The third kappa shape index (κ3) is 3.83. The van der Waals surface area contributed by atoms with E-state index in [0.29, 0.717) is 6.04 Å². The molecule has 0 aliphatic carbocycles. The predicted molar refractivity (Wildman–Crippen MR) is 87.0 cm³/mol. The van der Waals surface area contributed by atoms with Crippen molar-refractivity contribution in [3.8, 4) is 0 Å². The molecule has 1 aromatic carbocycles. The number of piperazine rings is 1. The Labute approximate surface area is 124 Å². The van der Waals surface area contributed by atoms with Crippen molar-refractivity contribution in [1.29, 1.82) is 0 Å². The number of hydrogen-bond acceptors (Lipinski definition) is 2. The molecular formula is C18H30N2. The van der Waals surface area contributed by atoms with Crippen LogP contribution in [0, 0.1) is 0 Å². The highest BCUT2D eigenvalue weighted by atomic mass is 15.3. The van der Waals surface area contributed by atoms with Gasteiger partial charge in [-0.3, -0.25) is 4.90 Å². The molecule has 0 spiro atoms. The molecule has 1 aromatic rings. The lowest BCUT2D eigenvalue weighted by atomic mass is 9.96. The van der Waals surface area contributed by atoms with E-state index in [1.807, 2.05) is 0 Å². The first-order chi connectivity index (χ1) is 9.76. The third-order valence-electron chi connectivity index (χ3n) is 4.52. The predicted octanol–water partition coefficient (Wildman–Crippen LogP) is 3.94. The van der Waals surface area contributed by atoms with Crippen LogP contribution in [0.4, 0.5) is 0 Å². The van der Waals surface area contributed by atoms with Crippen molar-refractivity contribution in [3.63, 3.8) is 0 Å². The summed E-state index contributed by atoms with van der Waals surface area (Å²) in [5.74, 6) is 0. The first-order valence-corrected chi connectivity index (χ1v) is 8.25. The molecule has 112 valence electrons. The van der Waals surface area contributed by atoms with Crippen molar-refractivity contribution in [3.05, 3.63) is 35.9 Å². The van der Waals surface area contributed by atoms with E-state index in [1.54, 1.807) is 0 Å². The fourth-order valence-electron chi connectivity index (χ4n) is 3.48. The molecule has 0 aromatic heterocycles. The highest BCUT2D eigenvalue weighted by Gasteiger charge is 2.30. The van der Waals surface area contributed by atoms with E-state index < -0.39 is 0 Å². The fraction of sp³-hybridized carbons (Fsp3) is 0.667. The lowest BCUT2D eigenvalue weighted by molar-refractivity contribution is 0.0436. The Morgan fingerprint density at radius 3 is 2.30 bits per heavy atom. The van der Waals surface area contributed by atoms with Gasteiger partial charge in [0.15, 0.2) is 0 Å². The zero-order chi connectivity index (χ0) is 14.4. The second-order valence-corrected chi connectivity index (χ2v) is 6.16. The number of benzene rings is 1. The van der Waals surface area contributed by atoms with Crippen LogP contribution in [0.2, 0.25) is 0 Å². The summed E-state index contributed by atoms with van der Waals surface area (Å²) < 4.78 is 0. The normalized spacial score (nSPS) is 21.5. The molecule has 0 N–H and O–H groups in total. The van der Waals surface area contributed by atoms with E-state index in [0.717, 1.165) is 12.6 Å². The van der Waals surface area contributed by atoms with Gasteiger partial charge in [0, 0.05) is 31.7 Å². The summed E-state index contributed by atoms with van der Waals surface area (Å²) in [6.45, 7) is 8.20. The first kappa shape index (κ1) is 15.5. The molecule has 0 radical (unpaired) electrons. The molecule has 0 saturated carbocycles. The van der Waals surface area contributed by atoms with Crippen LogP contribution >= 0.6 is 0 Å². The standard InChI is InChI=1S/C18H30N2/c1-4-9-17(10-5-2)20-14-13-19(3)15-18(20)16-11-7-6-8-12-16/h6-8,11-12,17-18H,4-5,9-10,13-15H2,1-3H3. The summed E-state index contributed by atoms with van der Waals surface area (Å²) in [6.07, 6.45) is 5.25. The van der Waals surface area contributed by atoms with Crippen molar-refractivity contribution < 1.29 is 0 Å². The van der Waals surface area contributed by atoms with Crippen molar-refractivity contribution in [2.75, 3.05) is 26.7 Å². The van der Waals surface area contributed by atoms with Crippen LogP contribution in [0.25, 0.3) is 0 Å². The Hall–Kier alpha value is -0.860. The minimum atomic E-state index is 0.568. The number of hydrogen-bond donors (Lipinski definition) is 0. The van der Waals surface area contributed by atoms with E-state index in [9.17, 15) is 0 Å². The van der Waals surface area contributed by atoms with Gasteiger partial charge >= 0.3 is 0 Å². The maximum absolute atomic E-state index is 2.78. The van der Waals surface area contributed by atoms with Gasteiger partial charge in [-0.15, -0.1) is 0 Å². The molecule has 1 saturated heterocycles. The van der Waals surface area contributed by atoms with Gasteiger partial charge in [-0.25, -0.2) is 0 Å². The molecular weight excluding hydrogens is 244 g/mol. The lowest BCUT2D eigenvalue weighted by Gasteiger charge is -2.44. The molecule has 0 amide bonds. The zero-order valence-corrected chi connectivity index (χ0v) is 13.4. The van der Waals surface area contributed by atoms with Crippen LogP contribution in [0.15, 0.2) is 30.3 Å². The van der Waals surface area contributed by atoms with E-state index in [1.165, 1.54) is 44.3 Å². The summed E-state index contributed by atoms with van der Waals surface area (Å²) >= 11 is 0. The molecule has 1 fully saturated rings. The molecule has 0 bridgehead atoms. The van der Waals surface area contributed by atoms with Gasteiger partial charge in [-0.2, -0.15) is 0 Å². The van der Waals surface area contributed by atoms with Crippen LogP contribution in [-0.2, 0) is 0 Å². The topological polar surface area (TPSA) is 6.48 Å². The lowest BCUT2D eigenvalue weighted by Crippen LogP contribution is -2.50. The monoisotopic (exact) mass is 274 g/mol. The molecule has 1 aliphatic rings. The fourth-order valence-corrected chi connectivity index (χ4v) is 3.48. The smallest absolute Gasteiger partial charge is 0.0478 e. The Morgan fingerprint density at radius 2 is 1.70 bits per heavy atom. The van der Waals surface area contributed by atoms with Gasteiger partial charge in [-0.1, -0.05) is 57.0 Å². The molecule has 20 heavy (non-hydrogen) atoms. The summed E-state index contributed by atoms with van der Waals surface area (Å²) in [5.41, 5.74) is 1.48. The minimum absolute atomic E-state index is 0.568. The van der Waals surface area contributed by atoms with Crippen LogP contribution in [-0.4, -0.2) is 42.5 Å². The summed E-state index contributed by atoms with van der Waals surface area (Å²) in [5, 5.41) is 0. The molecule has 1 heterocycles. The quantitative estimate of drug-likeness (QED) is 0.775. The molecule has 2 rings (SSSR count).